The normalized spacial score (nSPS) is 15.2. The van der Waals surface area contributed by atoms with Crippen molar-refractivity contribution in [3.63, 3.8) is 0 Å². The largest absolute Gasteiger partial charge is 0.368 e. The average molecular weight is 336 g/mol. The van der Waals surface area contributed by atoms with E-state index in [4.69, 9.17) is 11.6 Å². The van der Waals surface area contributed by atoms with Gasteiger partial charge < -0.3 is 9.80 Å². The van der Waals surface area contributed by atoms with Gasteiger partial charge in [-0.2, -0.15) is 0 Å². The van der Waals surface area contributed by atoms with Gasteiger partial charge in [0.1, 0.15) is 0 Å². The number of hydrogen-bond acceptors (Lipinski definition) is 4. The van der Waals surface area contributed by atoms with Gasteiger partial charge in [-0.15, -0.1) is 11.3 Å². The van der Waals surface area contributed by atoms with Crippen LogP contribution in [0.3, 0.4) is 0 Å². The van der Waals surface area contributed by atoms with E-state index in [1.54, 1.807) is 0 Å². The van der Waals surface area contributed by atoms with E-state index in [-0.39, 0.29) is 5.91 Å². The maximum Gasteiger partial charge on any atom is 0.282 e. The Kier molecular flexibility index (Phi) is 4.36. The summed E-state index contributed by atoms with van der Waals surface area (Å²) in [6.07, 6.45) is 0. The lowest BCUT2D eigenvalue weighted by Gasteiger charge is -2.35. The zero-order valence-corrected chi connectivity index (χ0v) is 14.2. The third-order valence-electron chi connectivity index (χ3n) is 3.95. The molecule has 1 aromatic carbocycles. The van der Waals surface area contributed by atoms with Crippen LogP contribution in [0.15, 0.2) is 24.3 Å². The summed E-state index contributed by atoms with van der Waals surface area (Å²) in [5.74, 6) is 0.0481. The van der Waals surface area contributed by atoms with E-state index in [1.165, 1.54) is 11.3 Å². The van der Waals surface area contributed by atoms with E-state index in [0.717, 1.165) is 34.4 Å². The van der Waals surface area contributed by atoms with Crippen LogP contribution in [0.4, 0.5) is 5.69 Å². The first kappa shape index (κ1) is 15.3. The van der Waals surface area contributed by atoms with Crippen molar-refractivity contribution in [2.75, 3.05) is 31.1 Å². The van der Waals surface area contributed by atoms with Gasteiger partial charge in [-0.25, -0.2) is 4.98 Å². The molecule has 116 valence electrons. The van der Waals surface area contributed by atoms with Crippen molar-refractivity contribution in [2.24, 2.45) is 0 Å². The molecule has 1 amide bonds. The molecule has 0 N–H and O–H groups in total. The monoisotopic (exact) mass is 335 g/mol. The third kappa shape index (κ3) is 3.10. The number of thiazole rings is 1. The van der Waals surface area contributed by atoms with Crippen LogP contribution >= 0.6 is 22.9 Å². The molecule has 1 fully saturated rings. The van der Waals surface area contributed by atoms with Gasteiger partial charge >= 0.3 is 0 Å². The van der Waals surface area contributed by atoms with Gasteiger partial charge in [0.2, 0.25) is 0 Å². The van der Waals surface area contributed by atoms with Crippen molar-refractivity contribution >= 4 is 34.5 Å². The molecule has 2 aromatic rings. The van der Waals surface area contributed by atoms with Gasteiger partial charge in [0, 0.05) is 41.8 Å². The quantitative estimate of drug-likeness (QED) is 0.844. The van der Waals surface area contributed by atoms with E-state index in [9.17, 15) is 4.79 Å². The fourth-order valence-corrected chi connectivity index (χ4v) is 3.61. The summed E-state index contributed by atoms with van der Waals surface area (Å²) in [7, 11) is 0. The summed E-state index contributed by atoms with van der Waals surface area (Å²) in [6.45, 7) is 7.00. The van der Waals surface area contributed by atoms with Gasteiger partial charge in [0.25, 0.3) is 5.91 Å². The highest BCUT2D eigenvalue weighted by Gasteiger charge is 2.24. The second kappa shape index (κ2) is 6.26. The zero-order valence-electron chi connectivity index (χ0n) is 12.7. The number of piperazine rings is 1. The molecule has 2 heterocycles. The minimum absolute atomic E-state index is 0.0481. The number of carbonyl (C=O) groups is 1. The van der Waals surface area contributed by atoms with E-state index >= 15 is 0 Å². The summed E-state index contributed by atoms with van der Waals surface area (Å²) >= 11 is 7.52. The van der Waals surface area contributed by atoms with E-state index in [1.807, 2.05) is 36.9 Å². The molecule has 1 saturated heterocycles. The highest BCUT2D eigenvalue weighted by atomic mass is 35.5. The number of carbonyl (C=O) groups excluding carboxylic acids is 1. The lowest BCUT2D eigenvalue weighted by Crippen LogP contribution is -2.48. The van der Waals surface area contributed by atoms with Crippen LogP contribution in [-0.2, 0) is 0 Å². The first-order valence-corrected chi connectivity index (χ1v) is 8.48. The molecule has 0 saturated carbocycles. The maximum atomic E-state index is 12.5. The number of nitrogens with zero attached hydrogens (tertiary/aromatic N) is 3. The van der Waals surface area contributed by atoms with Gasteiger partial charge in [0.15, 0.2) is 5.01 Å². The molecule has 0 atom stereocenters. The molecule has 0 bridgehead atoms. The maximum absolute atomic E-state index is 12.5. The molecule has 1 aliphatic rings. The van der Waals surface area contributed by atoms with Crippen molar-refractivity contribution in [1.29, 1.82) is 0 Å². The van der Waals surface area contributed by atoms with Gasteiger partial charge in [-0.3, -0.25) is 4.79 Å². The van der Waals surface area contributed by atoms with Crippen LogP contribution in [0.25, 0.3) is 0 Å². The number of aromatic nitrogens is 1. The third-order valence-corrected chi connectivity index (χ3v) is 5.25. The molecule has 22 heavy (non-hydrogen) atoms. The lowest BCUT2D eigenvalue weighted by atomic mass is 10.2. The summed E-state index contributed by atoms with van der Waals surface area (Å²) in [4.78, 5) is 22.1. The molecule has 0 radical (unpaired) electrons. The Balaban J connectivity index is 1.65. The van der Waals surface area contributed by atoms with E-state index in [0.29, 0.717) is 18.1 Å². The van der Waals surface area contributed by atoms with Crippen molar-refractivity contribution < 1.29 is 4.79 Å². The van der Waals surface area contributed by atoms with Crippen LogP contribution in [0, 0.1) is 13.8 Å². The van der Waals surface area contributed by atoms with Crippen LogP contribution < -0.4 is 4.90 Å². The number of rotatable bonds is 2. The van der Waals surface area contributed by atoms with Crippen molar-refractivity contribution in [1.82, 2.24) is 9.88 Å². The minimum Gasteiger partial charge on any atom is -0.368 e. The molecule has 0 aliphatic carbocycles. The SMILES string of the molecule is Cc1nc(C(=O)N2CCN(c3cccc(Cl)c3)CC2)sc1C. The molecule has 0 spiro atoms. The van der Waals surface area contributed by atoms with Crippen LogP contribution in [0.5, 0.6) is 0 Å². The average Bonchev–Trinajstić information content (AvgIpc) is 2.86. The molecule has 1 aliphatic heterocycles. The van der Waals surface area contributed by atoms with Crippen LogP contribution in [0.1, 0.15) is 20.4 Å². The standard InChI is InChI=1S/C16H18ClN3OS/c1-11-12(2)22-15(18-11)16(21)20-8-6-19(7-9-20)14-5-3-4-13(17)10-14/h3-5,10H,6-9H2,1-2H3. The summed E-state index contributed by atoms with van der Waals surface area (Å²) in [5.41, 5.74) is 2.06. The Morgan fingerprint density at radius 2 is 1.95 bits per heavy atom. The van der Waals surface area contributed by atoms with Gasteiger partial charge in [-0.1, -0.05) is 17.7 Å². The molecule has 6 heteroatoms. The van der Waals surface area contributed by atoms with Crippen LogP contribution in [0.2, 0.25) is 5.02 Å². The predicted octanol–water partition coefficient (Wildman–Crippen LogP) is 3.38. The highest BCUT2D eigenvalue weighted by Crippen LogP contribution is 2.22. The molecular weight excluding hydrogens is 318 g/mol. The summed E-state index contributed by atoms with van der Waals surface area (Å²) in [6, 6.07) is 7.85. The van der Waals surface area contributed by atoms with Crippen molar-refractivity contribution in [3.8, 4) is 0 Å². The Bertz CT molecular complexity index is 673. The fourth-order valence-electron chi connectivity index (χ4n) is 2.54. The topological polar surface area (TPSA) is 36.4 Å². The Morgan fingerprint density at radius 1 is 1.23 bits per heavy atom. The number of amides is 1. The first-order valence-electron chi connectivity index (χ1n) is 7.28. The number of hydrogen-bond donors (Lipinski definition) is 0. The minimum atomic E-state index is 0.0481. The Morgan fingerprint density at radius 3 is 2.55 bits per heavy atom. The molecular formula is C16H18ClN3OS. The predicted molar refractivity (Wildman–Crippen MR) is 91.2 cm³/mol. The number of benzene rings is 1. The number of anilines is 1. The second-order valence-electron chi connectivity index (χ2n) is 5.42. The lowest BCUT2D eigenvalue weighted by molar-refractivity contribution is 0.0746. The fraction of sp³-hybridized carbons (Fsp3) is 0.375. The van der Waals surface area contributed by atoms with Gasteiger partial charge in [-0.05, 0) is 32.0 Å². The molecule has 4 nitrogen and oxygen atoms in total. The Labute approximate surface area is 139 Å². The number of aryl methyl sites for hydroxylation is 2. The van der Waals surface area contributed by atoms with E-state index in [2.05, 4.69) is 16.0 Å². The van der Waals surface area contributed by atoms with Crippen molar-refractivity contribution in [2.45, 2.75) is 13.8 Å². The van der Waals surface area contributed by atoms with Crippen molar-refractivity contribution in [3.05, 3.63) is 44.9 Å². The van der Waals surface area contributed by atoms with Gasteiger partial charge in [0.05, 0.1) is 5.69 Å². The van der Waals surface area contributed by atoms with Crippen LogP contribution in [-0.4, -0.2) is 42.0 Å². The zero-order chi connectivity index (χ0) is 15.7. The summed E-state index contributed by atoms with van der Waals surface area (Å²) in [5, 5.41) is 1.34. The second-order valence-corrected chi connectivity index (χ2v) is 7.06. The molecule has 0 unspecified atom stereocenters. The first-order chi connectivity index (χ1) is 10.5. The molecule has 1 aromatic heterocycles. The molecule has 3 rings (SSSR count). The smallest absolute Gasteiger partial charge is 0.282 e. The number of halogens is 1. The Hall–Kier alpha value is -1.59. The highest BCUT2D eigenvalue weighted by molar-refractivity contribution is 7.13. The summed E-state index contributed by atoms with van der Waals surface area (Å²) < 4.78 is 0. The van der Waals surface area contributed by atoms with E-state index < -0.39 is 0 Å².